The van der Waals surface area contributed by atoms with Gasteiger partial charge in [0.15, 0.2) is 0 Å². The summed E-state index contributed by atoms with van der Waals surface area (Å²) in [6.07, 6.45) is 3.95. The first-order valence-electron chi connectivity index (χ1n) is 8.62. The first-order valence-corrected chi connectivity index (χ1v) is 8.62. The molecule has 1 aliphatic rings. The number of nitrogens with one attached hydrogen (secondary N) is 1. The van der Waals surface area contributed by atoms with E-state index in [0.717, 1.165) is 12.1 Å². The molecule has 0 spiro atoms. The van der Waals surface area contributed by atoms with Crippen molar-refractivity contribution in [2.45, 2.75) is 32.5 Å². The molecule has 1 heterocycles. The van der Waals surface area contributed by atoms with E-state index in [1.54, 1.807) is 29.2 Å². The van der Waals surface area contributed by atoms with Crippen LogP contribution in [0.2, 0.25) is 0 Å². The number of hydrogen-bond acceptors (Lipinski definition) is 4. The van der Waals surface area contributed by atoms with E-state index in [2.05, 4.69) is 5.32 Å². The van der Waals surface area contributed by atoms with Gasteiger partial charge in [-0.15, -0.1) is 0 Å². The maximum atomic E-state index is 13.0. The van der Waals surface area contributed by atoms with E-state index in [9.17, 15) is 14.9 Å². The third-order valence-corrected chi connectivity index (χ3v) is 4.65. The molecule has 0 aliphatic carbocycles. The molecular formula is C20H21N3O3. The maximum Gasteiger partial charge on any atom is 0.276 e. The molecule has 26 heavy (non-hydrogen) atoms. The van der Waals surface area contributed by atoms with Crippen molar-refractivity contribution in [3.05, 3.63) is 75.8 Å². The Balaban J connectivity index is 1.97. The number of nitro benzene ring substituents is 1. The van der Waals surface area contributed by atoms with Crippen molar-refractivity contribution in [1.82, 2.24) is 4.90 Å². The Morgan fingerprint density at radius 1 is 1.23 bits per heavy atom. The molecule has 0 unspecified atom stereocenters. The highest BCUT2D eigenvalue weighted by atomic mass is 16.6. The van der Waals surface area contributed by atoms with Crippen LogP contribution in [-0.2, 0) is 0 Å². The summed E-state index contributed by atoms with van der Waals surface area (Å²) in [5, 5.41) is 14.6. The highest BCUT2D eigenvalue weighted by Crippen LogP contribution is 2.28. The summed E-state index contributed by atoms with van der Waals surface area (Å²) in [7, 11) is 0. The first kappa shape index (κ1) is 17.7. The molecule has 1 aliphatic heterocycles. The molecule has 1 amide bonds. The molecule has 2 aromatic rings. The van der Waals surface area contributed by atoms with Gasteiger partial charge in [-0.3, -0.25) is 14.9 Å². The smallest absolute Gasteiger partial charge is 0.276 e. The topological polar surface area (TPSA) is 75.5 Å². The van der Waals surface area contributed by atoms with Crippen molar-refractivity contribution >= 4 is 23.4 Å². The average molecular weight is 351 g/mol. The van der Waals surface area contributed by atoms with Crippen LogP contribution in [0.5, 0.6) is 0 Å². The zero-order chi connectivity index (χ0) is 18.7. The van der Waals surface area contributed by atoms with Gasteiger partial charge in [-0.05, 0) is 43.7 Å². The molecule has 2 atom stereocenters. The van der Waals surface area contributed by atoms with Crippen molar-refractivity contribution < 1.29 is 9.72 Å². The fraction of sp³-hybridized carbons (Fsp3) is 0.250. The highest BCUT2D eigenvalue weighted by molar-refractivity contribution is 6.02. The van der Waals surface area contributed by atoms with Gasteiger partial charge in [0, 0.05) is 17.8 Å². The Kier molecular flexibility index (Phi) is 5.02. The van der Waals surface area contributed by atoms with Gasteiger partial charge >= 0.3 is 0 Å². The number of benzene rings is 2. The van der Waals surface area contributed by atoms with Crippen molar-refractivity contribution in [2.75, 3.05) is 5.32 Å². The highest BCUT2D eigenvalue weighted by Gasteiger charge is 2.33. The molecule has 0 fully saturated rings. The van der Waals surface area contributed by atoms with Gasteiger partial charge in [-0.1, -0.05) is 31.2 Å². The SMILES string of the molecule is CC[C@H](C)N1C(=O)c2ccccc2N[C@H]1/C=C/c1ccccc1[N+](=O)[O-]. The van der Waals surface area contributed by atoms with Gasteiger partial charge < -0.3 is 10.2 Å². The van der Waals surface area contributed by atoms with E-state index in [4.69, 9.17) is 0 Å². The summed E-state index contributed by atoms with van der Waals surface area (Å²) in [6.45, 7) is 4.03. The van der Waals surface area contributed by atoms with Crippen LogP contribution in [-0.4, -0.2) is 27.9 Å². The molecular weight excluding hydrogens is 330 g/mol. The monoisotopic (exact) mass is 351 g/mol. The van der Waals surface area contributed by atoms with Crippen molar-refractivity contribution in [2.24, 2.45) is 0 Å². The lowest BCUT2D eigenvalue weighted by Crippen LogP contribution is -2.51. The number of fused-ring (bicyclic) bond motifs is 1. The van der Waals surface area contributed by atoms with Gasteiger partial charge in [-0.2, -0.15) is 0 Å². The molecule has 134 valence electrons. The number of nitrogens with zero attached hydrogens (tertiary/aromatic N) is 2. The van der Waals surface area contributed by atoms with Crippen molar-refractivity contribution in [3.8, 4) is 0 Å². The number of hydrogen-bond donors (Lipinski definition) is 1. The lowest BCUT2D eigenvalue weighted by Gasteiger charge is -2.40. The number of nitro groups is 1. The van der Waals surface area contributed by atoms with E-state index in [0.29, 0.717) is 11.1 Å². The Morgan fingerprint density at radius 2 is 1.92 bits per heavy atom. The Bertz CT molecular complexity index is 863. The second-order valence-corrected chi connectivity index (χ2v) is 6.28. The average Bonchev–Trinajstić information content (AvgIpc) is 2.66. The summed E-state index contributed by atoms with van der Waals surface area (Å²) in [5.41, 5.74) is 1.97. The summed E-state index contributed by atoms with van der Waals surface area (Å²) in [6, 6.07) is 14.0. The molecule has 3 rings (SSSR count). The lowest BCUT2D eigenvalue weighted by atomic mass is 10.0. The predicted octanol–water partition coefficient (Wildman–Crippen LogP) is 4.30. The minimum absolute atomic E-state index is 0.0313. The third kappa shape index (κ3) is 3.31. The molecule has 6 heteroatoms. The minimum atomic E-state index is -0.402. The fourth-order valence-electron chi connectivity index (χ4n) is 3.09. The quantitative estimate of drug-likeness (QED) is 0.644. The molecule has 0 aromatic heterocycles. The number of rotatable bonds is 5. The summed E-state index contributed by atoms with van der Waals surface area (Å²) >= 11 is 0. The zero-order valence-electron chi connectivity index (χ0n) is 14.8. The number of carbonyl (C=O) groups is 1. The van der Waals surface area contributed by atoms with Gasteiger partial charge in [0.1, 0.15) is 6.17 Å². The van der Waals surface area contributed by atoms with E-state index >= 15 is 0 Å². The summed E-state index contributed by atoms with van der Waals surface area (Å²) in [5.74, 6) is -0.0362. The summed E-state index contributed by atoms with van der Waals surface area (Å²) in [4.78, 5) is 25.5. The number of amides is 1. The molecule has 6 nitrogen and oxygen atoms in total. The Hall–Kier alpha value is -3.15. The van der Waals surface area contributed by atoms with Crippen LogP contribution in [0.4, 0.5) is 11.4 Å². The van der Waals surface area contributed by atoms with Gasteiger partial charge in [0.2, 0.25) is 0 Å². The van der Waals surface area contributed by atoms with Crippen LogP contribution in [0.3, 0.4) is 0 Å². The lowest BCUT2D eigenvalue weighted by molar-refractivity contribution is -0.385. The number of carbonyl (C=O) groups excluding carboxylic acids is 1. The van der Waals surface area contributed by atoms with E-state index in [-0.39, 0.29) is 23.8 Å². The van der Waals surface area contributed by atoms with Gasteiger partial charge in [0.25, 0.3) is 11.6 Å². The molecule has 0 radical (unpaired) electrons. The molecule has 1 N–H and O–H groups in total. The van der Waals surface area contributed by atoms with E-state index < -0.39 is 4.92 Å². The molecule has 0 saturated carbocycles. The van der Waals surface area contributed by atoms with Gasteiger partial charge in [-0.25, -0.2) is 0 Å². The summed E-state index contributed by atoms with van der Waals surface area (Å²) < 4.78 is 0. The second kappa shape index (κ2) is 7.39. The largest absolute Gasteiger partial charge is 0.361 e. The second-order valence-electron chi connectivity index (χ2n) is 6.28. The zero-order valence-corrected chi connectivity index (χ0v) is 14.8. The predicted molar refractivity (Wildman–Crippen MR) is 102 cm³/mol. The molecule has 0 saturated heterocycles. The van der Waals surface area contributed by atoms with Crippen molar-refractivity contribution in [3.63, 3.8) is 0 Å². The first-order chi connectivity index (χ1) is 12.5. The molecule has 0 bridgehead atoms. The van der Waals surface area contributed by atoms with Crippen LogP contribution in [0.1, 0.15) is 36.2 Å². The fourth-order valence-corrected chi connectivity index (χ4v) is 3.09. The normalized spacial score (nSPS) is 17.7. The van der Waals surface area contributed by atoms with Crippen LogP contribution < -0.4 is 5.32 Å². The standard InChI is InChI=1S/C20H21N3O3/c1-3-14(2)22-19(21-17-10-6-5-9-16(17)20(22)24)13-12-15-8-4-7-11-18(15)23(25)26/h4-14,19,21H,3H2,1-2H3/b13-12+/t14-,19+/m0/s1. The van der Waals surface area contributed by atoms with Crippen LogP contribution in [0.15, 0.2) is 54.6 Å². The van der Waals surface area contributed by atoms with Gasteiger partial charge in [0.05, 0.1) is 16.1 Å². The Labute approximate surface area is 152 Å². The number of anilines is 1. The third-order valence-electron chi connectivity index (χ3n) is 4.65. The van der Waals surface area contributed by atoms with Crippen LogP contribution >= 0.6 is 0 Å². The Morgan fingerprint density at radius 3 is 2.65 bits per heavy atom. The number of para-hydroxylation sites is 2. The van der Waals surface area contributed by atoms with Crippen molar-refractivity contribution in [1.29, 1.82) is 0 Å². The van der Waals surface area contributed by atoms with E-state index in [1.807, 2.05) is 44.2 Å². The van der Waals surface area contributed by atoms with Crippen LogP contribution in [0.25, 0.3) is 6.08 Å². The van der Waals surface area contributed by atoms with Crippen LogP contribution in [0, 0.1) is 10.1 Å². The molecule has 2 aromatic carbocycles. The van der Waals surface area contributed by atoms with E-state index in [1.165, 1.54) is 6.07 Å². The maximum absolute atomic E-state index is 13.0. The minimum Gasteiger partial charge on any atom is -0.361 e.